The van der Waals surface area contributed by atoms with Crippen LogP contribution in [0.3, 0.4) is 0 Å². The van der Waals surface area contributed by atoms with E-state index in [-0.39, 0.29) is 17.8 Å². The minimum absolute atomic E-state index is 0.212. The van der Waals surface area contributed by atoms with E-state index in [2.05, 4.69) is 105 Å². The van der Waals surface area contributed by atoms with Crippen LogP contribution < -0.4 is 21.3 Å². The van der Waals surface area contributed by atoms with Gasteiger partial charge in [-0.2, -0.15) is 5.10 Å². The molecule has 5 amide bonds. The first-order valence-corrected chi connectivity index (χ1v) is 29.8. The maximum Gasteiger partial charge on any atom is 0.442 e. The van der Waals surface area contributed by atoms with E-state index in [0.29, 0.717) is 30.9 Å². The van der Waals surface area contributed by atoms with Crippen molar-refractivity contribution in [1.29, 1.82) is 0 Å². The predicted octanol–water partition coefficient (Wildman–Crippen LogP) is -1.52. The van der Waals surface area contributed by atoms with Crippen LogP contribution in [-0.2, 0) is 19.0 Å². The highest BCUT2D eigenvalue weighted by atomic mass is 31.2. The molecule has 64 heavy (non-hydrogen) atoms. The third kappa shape index (κ3) is 14.3. The molecule has 21 nitrogen and oxygen atoms in total. The summed E-state index contributed by atoms with van der Waals surface area (Å²) in [5, 5.41) is 76.2. The lowest BCUT2D eigenvalue weighted by Gasteiger charge is -2.30. The van der Waals surface area contributed by atoms with Gasteiger partial charge < -0.3 is 50.2 Å². The highest BCUT2D eigenvalue weighted by Gasteiger charge is 2.49. The van der Waals surface area contributed by atoms with Gasteiger partial charge in [-0.3, -0.25) is 4.79 Å². The first-order chi connectivity index (χ1) is 29.5. The van der Waals surface area contributed by atoms with Crippen LogP contribution in [0.2, 0.25) is 0 Å². The van der Waals surface area contributed by atoms with Crippen LogP contribution >= 0.6 is 20.7 Å². The molecule has 6 rings (SSSR count). The molecule has 0 radical (unpaired) electrons. The van der Waals surface area contributed by atoms with Crippen molar-refractivity contribution in [3.8, 4) is 0 Å². The summed E-state index contributed by atoms with van der Waals surface area (Å²) in [6.45, 7) is 20.1. The molecule has 12 unspecified atom stereocenters. The van der Waals surface area contributed by atoms with Gasteiger partial charge in [0.25, 0.3) is 5.91 Å². The van der Waals surface area contributed by atoms with E-state index < -0.39 is 100 Å². The molecule has 0 aliphatic carbocycles. The highest BCUT2D eigenvalue weighted by Crippen LogP contribution is 2.40. The van der Waals surface area contributed by atoms with E-state index in [1.165, 1.54) is 31.7 Å². The lowest BCUT2D eigenvalue weighted by molar-refractivity contribution is -0.581. The second-order valence-corrected chi connectivity index (χ2v) is 31.6. The third-order valence-corrected chi connectivity index (χ3v) is 15.2. The van der Waals surface area contributed by atoms with Gasteiger partial charge in [-0.25, -0.2) is 44.6 Å². The van der Waals surface area contributed by atoms with E-state index in [4.69, 9.17) is 14.2 Å². The maximum atomic E-state index is 11.5. The number of hydrazone groups is 1. The van der Waals surface area contributed by atoms with Crippen molar-refractivity contribution in [3.05, 3.63) is 37.2 Å². The minimum atomic E-state index is -1.23. The first kappa shape index (κ1) is 53.2. The minimum Gasteiger partial charge on any atom is -0.388 e. The zero-order valence-electron chi connectivity index (χ0n) is 37.9. The molecule has 360 valence electrons. The monoisotopic (exact) mass is 961 g/mol. The molecule has 24 heteroatoms. The lowest BCUT2D eigenvalue weighted by Crippen LogP contribution is -2.51. The van der Waals surface area contributed by atoms with Crippen LogP contribution in [0.4, 0.5) is 9.59 Å². The summed E-state index contributed by atoms with van der Waals surface area (Å²) in [6, 6.07) is -0.709. The van der Waals surface area contributed by atoms with Gasteiger partial charge >= 0.3 is 12.1 Å². The van der Waals surface area contributed by atoms with Crippen LogP contribution in [-0.4, -0.2) is 245 Å². The molecule has 0 saturated carbocycles. The zero-order valence-corrected chi connectivity index (χ0v) is 40.5. The predicted molar refractivity (Wildman–Crippen MR) is 255 cm³/mol. The average molecular weight is 962 g/mol. The van der Waals surface area contributed by atoms with Gasteiger partial charge in [0.2, 0.25) is 24.1 Å². The van der Waals surface area contributed by atoms with Crippen LogP contribution in [0.25, 0.3) is 0 Å². The Hall–Kier alpha value is -3.42. The van der Waals surface area contributed by atoms with Crippen LogP contribution in [0.5, 0.6) is 0 Å². The number of hydrogen-bond acceptors (Lipinski definition) is 14. The molecule has 0 spiro atoms. The van der Waals surface area contributed by atoms with E-state index in [1.54, 1.807) is 7.05 Å². The van der Waals surface area contributed by atoms with Crippen LogP contribution in [0.1, 0.15) is 19.3 Å². The maximum absolute atomic E-state index is 11.5. The van der Waals surface area contributed by atoms with Crippen molar-refractivity contribution in [3.63, 3.8) is 0 Å². The Labute approximate surface area is 375 Å². The molecule has 3 saturated heterocycles. The van der Waals surface area contributed by atoms with Crippen molar-refractivity contribution in [2.45, 2.75) is 92.9 Å². The van der Waals surface area contributed by atoms with Crippen molar-refractivity contribution >= 4 is 76.4 Å². The number of aliphatic hydroxyl groups excluding tert-OH is 6. The molecule has 10 N–H and O–H groups in total. The molecule has 6 aliphatic rings. The van der Waals surface area contributed by atoms with Crippen molar-refractivity contribution < 1.29 is 68.4 Å². The number of rotatable bonds is 12. The fourth-order valence-electron chi connectivity index (χ4n) is 7.10. The van der Waals surface area contributed by atoms with E-state index >= 15 is 0 Å². The average Bonchev–Trinajstić information content (AvgIpc) is 3.74. The van der Waals surface area contributed by atoms with Gasteiger partial charge in [-0.1, -0.05) is 6.58 Å². The van der Waals surface area contributed by atoms with E-state index in [1.807, 2.05) is 0 Å². The topological polar surface area (TPSA) is 273 Å². The Kier molecular flexibility index (Phi) is 17.8. The second kappa shape index (κ2) is 21.5. The summed E-state index contributed by atoms with van der Waals surface area (Å²) in [4.78, 5) is 35.2. The molecular formula is C40H70N9O12P3+2. The Bertz CT molecular complexity index is 2050. The molecular weight excluding hydrogens is 891 g/mol. The summed E-state index contributed by atoms with van der Waals surface area (Å²) < 4.78 is 20.3. The first-order valence-electron chi connectivity index (χ1n) is 20.6. The van der Waals surface area contributed by atoms with Gasteiger partial charge in [0.1, 0.15) is 48.7 Å². The molecule has 12 atom stereocenters. The number of hydrogen-bond donors (Lipinski definition) is 10. The molecule has 0 aromatic heterocycles. The summed E-state index contributed by atoms with van der Waals surface area (Å²) in [5.41, 5.74) is 0. The number of ether oxygens (including phenoxy) is 3. The van der Waals surface area contributed by atoms with E-state index in [9.17, 15) is 45.0 Å². The number of nitrogens with one attached hydrogen (secondary N) is 4. The Morgan fingerprint density at radius 2 is 1.09 bits per heavy atom. The number of carbonyl (C=O) groups excluding carboxylic acids is 3. The lowest BCUT2D eigenvalue weighted by atomic mass is 10.1. The SMILES string of the molecule is C=C1NC(=O)C=NN1C1OC(CCP(=C)(C)C)C(O)C1O.C=C1NC(=O)N(C)C=[N+]1C1OC(CCP(=C)(C)C)C(O)C1O.C=C1NC(=O)NC=[N+]1C1OC(CCP(=C)(C)C)C(O)C1O. The van der Waals surface area contributed by atoms with Crippen molar-refractivity contribution in [1.82, 2.24) is 31.2 Å². The third-order valence-electron chi connectivity index (χ3n) is 10.8. The molecule has 0 bridgehead atoms. The van der Waals surface area contributed by atoms with Crippen molar-refractivity contribution in [2.24, 2.45) is 5.10 Å². The summed E-state index contributed by atoms with van der Waals surface area (Å²) >= 11 is 0. The number of urea groups is 2. The van der Waals surface area contributed by atoms with Gasteiger partial charge in [0, 0.05) is 0 Å². The molecule has 0 aromatic rings. The molecule has 6 heterocycles. The van der Waals surface area contributed by atoms with E-state index in [0.717, 1.165) is 24.7 Å². The van der Waals surface area contributed by atoms with Crippen LogP contribution in [0.15, 0.2) is 42.3 Å². The fraction of sp³-hybridized carbons (Fsp3) is 0.625. The number of aliphatic hydroxyl groups is 6. The Morgan fingerprint density at radius 3 is 1.55 bits per heavy atom. The molecule has 3 fully saturated rings. The normalized spacial score (nSPS) is 33.3. The summed E-state index contributed by atoms with van der Waals surface area (Å²) in [7, 11) is 1.58. The van der Waals surface area contributed by atoms with Crippen LogP contribution in [0, 0.1) is 0 Å². The van der Waals surface area contributed by atoms with Gasteiger partial charge in [-0.15, -0.1) is 39.6 Å². The molecule has 6 aliphatic heterocycles. The Balaban J connectivity index is 0.000000210. The second-order valence-electron chi connectivity index (χ2n) is 18.6. The van der Waals surface area contributed by atoms with Gasteiger partial charge in [0.05, 0.1) is 25.4 Å². The van der Waals surface area contributed by atoms with Gasteiger partial charge in [0.15, 0.2) is 18.9 Å². The quantitative estimate of drug-likeness (QED) is 0.0788. The summed E-state index contributed by atoms with van der Waals surface area (Å²) in [5.74, 6) is 0.430. The zero-order chi connectivity index (χ0) is 48.2. The number of amides is 5. The standard InChI is InChI=1S/C14H24N3O4P.2C13H22N3O4P/c1-9-15-14(20)16(2)8-17(9)13-12(19)11(18)10(21-13)6-7-22(3,4)5;1-8-15-13(19)14-7-16(8)12-11(18)10(17)9(20-12)5-6-21(2,3)4;1-8-15-10(17)7-14-16(8)13-12(19)11(18)9(20-13)5-6-21(2,3)4/h8,10-13,18-19H,1,3,6-7H2,2,4-5H3;7,9-12,17-18H,1-2,5-6H2,3-4H3,(H,15,19);7,9,11-13,18-19H,1-2,5-6H2,3-4H3,(H,15,17)/p+2. The smallest absolute Gasteiger partial charge is 0.388 e. The number of nitrogens with zero attached hydrogens (tertiary/aromatic N) is 5. The fourth-order valence-corrected chi connectivity index (χ4v) is 9.96. The number of carbonyl (C=O) groups is 3. The highest BCUT2D eigenvalue weighted by molar-refractivity contribution is 7.72. The van der Waals surface area contributed by atoms with Gasteiger partial charge in [-0.05, 0) is 90.9 Å². The summed E-state index contributed by atoms with van der Waals surface area (Å²) in [6.07, 6.45) is 10.8. The largest absolute Gasteiger partial charge is 0.442 e. The Morgan fingerprint density at radius 1 is 0.656 bits per heavy atom. The molecule has 0 aromatic carbocycles. The van der Waals surface area contributed by atoms with Crippen molar-refractivity contribution in [2.75, 3.05) is 65.5 Å².